The molecule has 0 amide bonds. The fraction of sp³-hybridized carbons (Fsp3) is 0.625. The molecule has 0 aliphatic heterocycles. The van der Waals surface area contributed by atoms with Crippen molar-refractivity contribution in [3.8, 4) is 0 Å². The largest absolute Gasteiger partial charge is 0.385 e. The average molecular weight is 329 g/mol. The van der Waals surface area contributed by atoms with Crippen molar-refractivity contribution in [3.63, 3.8) is 0 Å². The molecule has 0 unspecified atom stereocenters. The Bertz CT molecular complexity index is 635. The molecule has 0 aromatic carbocycles. The maximum absolute atomic E-state index is 11.7. The molecule has 0 aliphatic carbocycles. The molecule has 1 heterocycles. The highest BCUT2D eigenvalue weighted by Crippen LogP contribution is 2.26. The Hall–Kier alpha value is -0.750. The molecule has 0 fully saturated rings. The lowest BCUT2D eigenvalue weighted by Crippen LogP contribution is -2.17. The van der Waals surface area contributed by atoms with Crippen molar-refractivity contribution in [2.75, 3.05) is 24.2 Å². The van der Waals surface area contributed by atoms with Crippen molar-refractivity contribution in [2.45, 2.75) is 17.6 Å². The van der Waals surface area contributed by atoms with E-state index in [0.29, 0.717) is 24.4 Å². The van der Waals surface area contributed by atoms with Crippen LogP contribution in [-0.2, 0) is 24.8 Å². The number of anilines is 1. The molecule has 0 aliphatic rings. The molecule has 0 saturated carbocycles. The van der Waals surface area contributed by atoms with Crippen LogP contribution in [0.2, 0.25) is 0 Å². The van der Waals surface area contributed by atoms with Gasteiger partial charge < -0.3 is 4.74 Å². The number of aromatic nitrogens is 1. The van der Waals surface area contributed by atoms with E-state index in [-0.39, 0.29) is 20.8 Å². The maximum Gasteiger partial charge on any atom is 0.249 e. The molecule has 1 aromatic heterocycles. The van der Waals surface area contributed by atoms with Crippen molar-refractivity contribution < 1.29 is 21.6 Å². The van der Waals surface area contributed by atoms with Crippen molar-refractivity contribution in [1.29, 1.82) is 0 Å². The van der Waals surface area contributed by atoms with E-state index in [9.17, 15) is 16.8 Å². The van der Waals surface area contributed by atoms with Crippen LogP contribution in [0.1, 0.15) is 12.1 Å². The summed E-state index contributed by atoms with van der Waals surface area (Å²) in [4.78, 5) is 3.83. The van der Waals surface area contributed by atoms with Gasteiger partial charge in [0, 0.05) is 13.7 Å². The molecular formula is C8H15N3O5S3. The predicted molar refractivity (Wildman–Crippen MR) is 72.1 cm³/mol. The number of aryl methyl sites for hydroxylation is 1. The lowest BCUT2D eigenvalue weighted by atomic mass is 10.5. The highest BCUT2D eigenvalue weighted by molar-refractivity contribution is 7.93. The maximum atomic E-state index is 11.7. The van der Waals surface area contributed by atoms with Crippen LogP contribution >= 0.6 is 11.3 Å². The highest BCUT2D eigenvalue weighted by Gasteiger charge is 2.20. The summed E-state index contributed by atoms with van der Waals surface area (Å²) in [7, 11) is -5.99. The molecular weight excluding hydrogens is 314 g/mol. The number of nitrogens with zero attached hydrogens (tertiary/aromatic N) is 1. The lowest BCUT2D eigenvalue weighted by Gasteiger charge is -2.03. The van der Waals surface area contributed by atoms with E-state index in [2.05, 4.69) is 9.71 Å². The van der Waals surface area contributed by atoms with E-state index in [1.807, 2.05) is 0 Å². The van der Waals surface area contributed by atoms with Crippen LogP contribution < -0.4 is 9.86 Å². The van der Waals surface area contributed by atoms with Gasteiger partial charge in [-0.05, 0) is 13.3 Å². The number of thiazole rings is 1. The van der Waals surface area contributed by atoms with Gasteiger partial charge >= 0.3 is 0 Å². The van der Waals surface area contributed by atoms with Crippen molar-refractivity contribution in [2.24, 2.45) is 5.14 Å². The van der Waals surface area contributed by atoms with Gasteiger partial charge in [0.2, 0.25) is 20.0 Å². The van der Waals surface area contributed by atoms with Gasteiger partial charge in [-0.2, -0.15) is 0 Å². The number of hydrogen-bond acceptors (Lipinski definition) is 7. The lowest BCUT2D eigenvalue weighted by molar-refractivity contribution is 0.199. The molecule has 0 radical (unpaired) electrons. The fourth-order valence-electron chi connectivity index (χ4n) is 1.27. The summed E-state index contributed by atoms with van der Waals surface area (Å²) in [5.41, 5.74) is 0.169. The standard InChI is InChI=1S/C8H15N3O5S3/c1-6-7(19(9,14)15)17-8(10-6)11-18(12,13)5-3-4-16-2/h3-5H2,1-2H3,(H,10,11)(H2,9,14,15). The predicted octanol–water partition coefficient (Wildman–Crippen LogP) is -0.123. The van der Waals surface area contributed by atoms with Gasteiger partial charge in [0.05, 0.1) is 11.4 Å². The van der Waals surface area contributed by atoms with Crippen molar-refractivity contribution in [3.05, 3.63) is 5.69 Å². The molecule has 11 heteroatoms. The second-order valence-electron chi connectivity index (χ2n) is 3.70. The van der Waals surface area contributed by atoms with Gasteiger partial charge in [-0.25, -0.2) is 27.0 Å². The zero-order valence-corrected chi connectivity index (χ0v) is 12.9. The minimum Gasteiger partial charge on any atom is -0.385 e. The number of ether oxygens (including phenoxy) is 1. The van der Waals surface area contributed by atoms with Crippen LogP contribution in [0.15, 0.2) is 4.21 Å². The summed E-state index contributed by atoms with van der Waals surface area (Å²) >= 11 is 0.687. The van der Waals surface area contributed by atoms with Gasteiger partial charge in [0.25, 0.3) is 0 Å². The summed E-state index contributed by atoms with van der Waals surface area (Å²) in [6, 6.07) is 0. The van der Waals surface area contributed by atoms with Gasteiger partial charge in [-0.1, -0.05) is 11.3 Å². The Kier molecular flexibility index (Phi) is 5.26. The Morgan fingerprint density at radius 3 is 2.47 bits per heavy atom. The first-order valence-corrected chi connectivity index (χ1v) is 9.17. The Labute approximate surface area is 116 Å². The molecule has 3 N–H and O–H groups in total. The molecule has 0 atom stereocenters. The number of primary sulfonamides is 1. The number of nitrogens with two attached hydrogens (primary N) is 1. The summed E-state index contributed by atoms with van der Waals surface area (Å²) < 4.78 is 52.5. The minimum atomic E-state index is -3.89. The van der Waals surface area contributed by atoms with E-state index >= 15 is 0 Å². The van der Waals surface area contributed by atoms with E-state index < -0.39 is 20.0 Å². The normalized spacial score (nSPS) is 12.6. The van der Waals surface area contributed by atoms with Gasteiger partial charge in [0.1, 0.15) is 0 Å². The number of nitrogens with one attached hydrogen (secondary N) is 1. The molecule has 0 bridgehead atoms. The highest BCUT2D eigenvalue weighted by atomic mass is 32.2. The summed E-state index contributed by atoms with van der Waals surface area (Å²) in [5, 5.41) is 4.97. The number of methoxy groups -OCH3 is 1. The summed E-state index contributed by atoms with van der Waals surface area (Å²) in [6.07, 6.45) is 0.332. The molecule has 0 spiro atoms. The van der Waals surface area contributed by atoms with Gasteiger partial charge in [-0.3, -0.25) is 4.72 Å². The van der Waals surface area contributed by atoms with Crippen LogP contribution in [0.5, 0.6) is 0 Å². The average Bonchev–Trinajstić information content (AvgIpc) is 2.58. The summed E-state index contributed by atoms with van der Waals surface area (Å²) in [6.45, 7) is 1.76. The smallest absolute Gasteiger partial charge is 0.249 e. The Balaban J connectivity index is 2.84. The zero-order chi connectivity index (χ0) is 14.7. The van der Waals surface area contributed by atoms with E-state index in [0.717, 1.165) is 0 Å². The molecule has 1 aromatic rings. The van der Waals surface area contributed by atoms with Gasteiger partial charge in [0.15, 0.2) is 9.34 Å². The Morgan fingerprint density at radius 2 is 2.00 bits per heavy atom. The van der Waals surface area contributed by atoms with Crippen molar-refractivity contribution >= 4 is 36.5 Å². The van der Waals surface area contributed by atoms with Crippen LogP contribution in [0.3, 0.4) is 0 Å². The SMILES string of the molecule is COCCCS(=O)(=O)Nc1nc(C)c(S(N)(=O)=O)s1. The molecule has 0 saturated heterocycles. The van der Waals surface area contributed by atoms with Crippen LogP contribution in [0.25, 0.3) is 0 Å². The number of sulfonamides is 2. The summed E-state index contributed by atoms with van der Waals surface area (Å²) in [5.74, 6) is -0.135. The first-order valence-electron chi connectivity index (χ1n) is 5.15. The Morgan fingerprint density at radius 1 is 1.37 bits per heavy atom. The third kappa shape index (κ3) is 5.03. The minimum absolute atomic E-state index is 0.0149. The number of rotatable bonds is 7. The van der Waals surface area contributed by atoms with Crippen LogP contribution in [-0.4, -0.2) is 41.3 Å². The van der Waals surface area contributed by atoms with Crippen LogP contribution in [0.4, 0.5) is 5.13 Å². The van der Waals surface area contributed by atoms with Gasteiger partial charge in [-0.15, -0.1) is 0 Å². The van der Waals surface area contributed by atoms with Crippen LogP contribution in [0, 0.1) is 6.92 Å². The third-order valence-electron chi connectivity index (χ3n) is 2.02. The topological polar surface area (TPSA) is 128 Å². The quantitative estimate of drug-likeness (QED) is 0.671. The van der Waals surface area contributed by atoms with E-state index in [4.69, 9.17) is 9.88 Å². The molecule has 19 heavy (non-hydrogen) atoms. The third-order valence-corrected chi connectivity index (χ3v) is 6.10. The van der Waals surface area contributed by atoms with Crippen molar-refractivity contribution in [1.82, 2.24) is 4.98 Å². The fourth-order valence-corrected chi connectivity index (χ4v) is 4.44. The first-order chi connectivity index (χ1) is 8.65. The zero-order valence-electron chi connectivity index (χ0n) is 10.4. The molecule has 110 valence electrons. The monoisotopic (exact) mass is 329 g/mol. The molecule has 1 rings (SSSR count). The van der Waals surface area contributed by atoms with E-state index in [1.54, 1.807) is 0 Å². The second-order valence-corrected chi connectivity index (χ2v) is 8.30. The number of hydrogen-bond donors (Lipinski definition) is 2. The molecule has 8 nitrogen and oxygen atoms in total. The van der Waals surface area contributed by atoms with E-state index in [1.165, 1.54) is 14.0 Å². The first kappa shape index (κ1) is 16.3. The second kappa shape index (κ2) is 6.13.